The van der Waals surface area contributed by atoms with Crippen LogP contribution in [0, 0.1) is 0 Å². The first-order valence-corrected chi connectivity index (χ1v) is 4.97. The molecular formula is C11H11N5O. The van der Waals surface area contributed by atoms with Gasteiger partial charge < -0.3 is 11.1 Å². The zero-order valence-electron chi connectivity index (χ0n) is 9.21. The van der Waals surface area contributed by atoms with Gasteiger partial charge in [-0.1, -0.05) is 6.07 Å². The van der Waals surface area contributed by atoms with Crippen molar-refractivity contribution in [3.63, 3.8) is 0 Å². The van der Waals surface area contributed by atoms with Crippen LogP contribution in [0.2, 0.25) is 0 Å². The molecule has 2 aromatic rings. The summed E-state index contributed by atoms with van der Waals surface area (Å²) in [6.45, 7) is 0. The van der Waals surface area contributed by atoms with E-state index in [1.54, 1.807) is 25.2 Å². The number of hydrogen-bond donors (Lipinski definition) is 2. The van der Waals surface area contributed by atoms with Crippen LogP contribution >= 0.6 is 0 Å². The Labute approximate surface area is 97.9 Å². The molecule has 0 unspecified atom stereocenters. The summed E-state index contributed by atoms with van der Waals surface area (Å²) in [6.07, 6.45) is 2.77. The van der Waals surface area contributed by atoms with Gasteiger partial charge >= 0.3 is 0 Å². The van der Waals surface area contributed by atoms with Crippen molar-refractivity contribution >= 4 is 11.6 Å². The van der Waals surface area contributed by atoms with Gasteiger partial charge in [0.25, 0.3) is 5.91 Å². The van der Waals surface area contributed by atoms with Gasteiger partial charge in [0.15, 0.2) is 5.82 Å². The van der Waals surface area contributed by atoms with Crippen LogP contribution in [0.25, 0.3) is 11.4 Å². The SMILES string of the molecule is CNC(=O)c1cccc(-c2ncncn2)c1N. The Morgan fingerprint density at radius 2 is 2.00 bits per heavy atom. The van der Waals surface area contributed by atoms with Crippen molar-refractivity contribution < 1.29 is 4.79 Å². The first-order chi connectivity index (χ1) is 8.24. The van der Waals surface area contributed by atoms with Crippen LogP contribution in [-0.2, 0) is 0 Å². The largest absolute Gasteiger partial charge is 0.397 e. The van der Waals surface area contributed by atoms with Crippen molar-refractivity contribution in [1.82, 2.24) is 20.3 Å². The quantitative estimate of drug-likeness (QED) is 0.730. The number of benzene rings is 1. The summed E-state index contributed by atoms with van der Waals surface area (Å²) in [5.74, 6) is 0.210. The number of amides is 1. The number of nitrogens with one attached hydrogen (secondary N) is 1. The number of hydrogen-bond acceptors (Lipinski definition) is 5. The second-order valence-electron chi connectivity index (χ2n) is 3.31. The van der Waals surface area contributed by atoms with Crippen LogP contribution in [0.15, 0.2) is 30.9 Å². The number of nitrogens with zero attached hydrogens (tertiary/aromatic N) is 3. The number of nitrogen functional groups attached to an aromatic ring is 1. The molecule has 2 rings (SSSR count). The average molecular weight is 229 g/mol. The average Bonchev–Trinajstić information content (AvgIpc) is 2.39. The summed E-state index contributed by atoms with van der Waals surface area (Å²) in [5.41, 5.74) is 7.32. The maximum atomic E-state index is 11.6. The number of anilines is 1. The van der Waals surface area contributed by atoms with Gasteiger partial charge in [0.05, 0.1) is 11.3 Å². The van der Waals surface area contributed by atoms with Crippen molar-refractivity contribution in [2.45, 2.75) is 0 Å². The number of para-hydroxylation sites is 1. The molecule has 86 valence electrons. The molecule has 0 bridgehead atoms. The molecule has 6 nitrogen and oxygen atoms in total. The molecule has 6 heteroatoms. The Morgan fingerprint density at radius 3 is 2.65 bits per heavy atom. The monoisotopic (exact) mass is 229 g/mol. The Hall–Kier alpha value is -2.50. The predicted octanol–water partition coefficient (Wildman–Crippen LogP) is 0.480. The zero-order valence-corrected chi connectivity index (χ0v) is 9.21. The van der Waals surface area contributed by atoms with Gasteiger partial charge in [0, 0.05) is 12.6 Å². The Kier molecular flexibility index (Phi) is 2.95. The summed E-state index contributed by atoms with van der Waals surface area (Å²) in [6, 6.07) is 5.15. The smallest absolute Gasteiger partial charge is 0.253 e. The molecule has 1 aromatic heterocycles. The van der Waals surface area contributed by atoms with Crippen molar-refractivity contribution in [3.8, 4) is 11.4 Å². The Bertz CT molecular complexity index is 541. The van der Waals surface area contributed by atoms with Crippen molar-refractivity contribution in [2.75, 3.05) is 12.8 Å². The van der Waals surface area contributed by atoms with Gasteiger partial charge in [-0.3, -0.25) is 4.79 Å². The number of carbonyl (C=O) groups is 1. The van der Waals surface area contributed by atoms with Crippen molar-refractivity contribution in [1.29, 1.82) is 0 Å². The molecule has 0 spiro atoms. The van der Waals surface area contributed by atoms with E-state index in [2.05, 4.69) is 20.3 Å². The van der Waals surface area contributed by atoms with Crippen LogP contribution in [0.4, 0.5) is 5.69 Å². The fourth-order valence-corrected chi connectivity index (χ4v) is 1.47. The number of carbonyl (C=O) groups excluding carboxylic acids is 1. The van der Waals surface area contributed by atoms with Crippen molar-refractivity contribution in [2.24, 2.45) is 0 Å². The number of aromatic nitrogens is 3. The molecule has 0 aliphatic heterocycles. The summed E-state index contributed by atoms with van der Waals surface area (Å²) in [5, 5.41) is 2.53. The molecule has 0 atom stereocenters. The zero-order chi connectivity index (χ0) is 12.3. The van der Waals surface area contributed by atoms with Crippen LogP contribution in [0.3, 0.4) is 0 Å². The van der Waals surface area contributed by atoms with E-state index in [4.69, 9.17) is 5.73 Å². The first kappa shape index (κ1) is 11.0. The highest BCUT2D eigenvalue weighted by Gasteiger charge is 2.13. The van der Waals surface area contributed by atoms with E-state index < -0.39 is 0 Å². The Morgan fingerprint density at radius 1 is 1.29 bits per heavy atom. The number of rotatable bonds is 2. The number of nitrogens with two attached hydrogens (primary N) is 1. The third-order valence-corrected chi connectivity index (χ3v) is 2.31. The highest BCUT2D eigenvalue weighted by molar-refractivity contribution is 6.01. The maximum Gasteiger partial charge on any atom is 0.253 e. The molecule has 0 fully saturated rings. The molecule has 1 amide bonds. The Balaban J connectivity index is 2.54. The summed E-state index contributed by atoms with van der Waals surface area (Å²) in [4.78, 5) is 23.3. The molecular weight excluding hydrogens is 218 g/mol. The topological polar surface area (TPSA) is 93.8 Å². The van der Waals surface area contributed by atoms with E-state index in [9.17, 15) is 4.79 Å². The van der Waals surface area contributed by atoms with Crippen LogP contribution < -0.4 is 11.1 Å². The minimum atomic E-state index is -0.238. The lowest BCUT2D eigenvalue weighted by Crippen LogP contribution is -2.19. The lowest BCUT2D eigenvalue weighted by Gasteiger charge is -2.08. The van der Waals surface area contributed by atoms with Crippen LogP contribution in [-0.4, -0.2) is 27.9 Å². The summed E-state index contributed by atoms with van der Waals surface area (Å²) >= 11 is 0. The first-order valence-electron chi connectivity index (χ1n) is 4.97. The fourth-order valence-electron chi connectivity index (χ4n) is 1.47. The van der Waals surface area contributed by atoms with Gasteiger partial charge in [-0.15, -0.1) is 0 Å². The van der Waals surface area contributed by atoms with Crippen LogP contribution in [0.1, 0.15) is 10.4 Å². The molecule has 0 aliphatic carbocycles. The maximum absolute atomic E-state index is 11.6. The second-order valence-corrected chi connectivity index (χ2v) is 3.31. The van der Waals surface area contributed by atoms with E-state index in [-0.39, 0.29) is 5.91 Å². The van der Waals surface area contributed by atoms with Crippen molar-refractivity contribution in [3.05, 3.63) is 36.4 Å². The third kappa shape index (κ3) is 2.05. The third-order valence-electron chi connectivity index (χ3n) is 2.31. The standard InChI is InChI=1S/C11H11N5O/c1-13-11(17)8-4-2-3-7(9(8)12)10-15-5-14-6-16-10/h2-6H,12H2,1H3,(H,13,17). The molecule has 1 aromatic carbocycles. The molecule has 0 radical (unpaired) electrons. The van der Waals surface area contributed by atoms with Gasteiger partial charge in [-0.2, -0.15) is 0 Å². The predicted molar refractivity (Wildman–Crippen MR) is 63.1 cm³/mol. The fraction of sp³-hybridized carbons (Fsp3) is 0.0909. The molecule has 0 aliphatic rings. The summed E-state index contributed by atoms with van der Waals surface area (Å²) < 4.78 is 0. The normalized spacial score (nSPS) is 9.94. The lowest BCUT2D eigenvalue weighted by atomic mass is 10.1. The summed E-state index contributed by atoms with van der Waals surface area (Å²) in [7, 11) is 1.55. The van der Waals surface area contributed by atoms with E-state index in [0.29, 0.717) is 22.6 Å². The van der Waals surface area contributed by atoms with E-state index >= 15 is 0 Å². The highest BCUT2D eigenvalue weighted by Crippen LogP contribution is 2.25. The van der Waals surface area contributed by atoms with E-state index in [1.807, 2.05) is 0 Å². The minimum Gasteiger partial charge on any atom is -0.397 e. The van der Waals surface area contributed by atoms with Gasteiger partial charge in [-0.25, -0.2) is 15.0 Å². The van der Waals surface area contributed by atoms with Gasteiger partial charge in [0.2, 0.25) is 0 Å². The molecule has 1 heterocycles. The van der Waals surface area contributed by atoms with Gasteiger partial charge in [-0.05, 0) is 12.1 Å². The lowest BCUT2D eigenvalue weighted by molar-refractivity contribution is 0.0964. The molecule has 3 N–H and O–H groups in total. The van der Waals surface area contributed by atoms with Crippen LogP contribution in [0.5, 0.6) is 0 Å². The molecule has 17 heavy (non-hydrogen) atoms. The second kappa shape index (κ2) is 4.56. The molecule has 0 saturated heterocycles. The minimum absolute atomic E-state index is 0.238. The van der Waals surface area contributed by atoms with E-state index in [0.717, 1.165) is 0 Å². The van der Waals surface area contributed by atoms with E-state index in [1.165, 1.54) is 12.7 Å². The highest BCUT2D eigenvalue weighted by atomic mass is 16.1. The molecule has 0 saturated carbocycles. The van der Waals surface area contributed by atoms with Gasteiger partial charge in [0.1, 0.15) is 12.7 Å².